The second kappa shape index (κ2) is 10.3. The van der Waals surface area contributed by atoms with E-state index in [9.17, 15) is 0 Å². The van der Waals surface area contributed by atoms with Gasteiger partial charge in [-0.1, -0.05) is 30.0 Å². The van der Waals surface area contributed by atoms with Crippen LogP contribution in [0.4, 0.5) is 10.9 Å². The number of nitrogens with zero attached hydrogens (tertiary/aromatic N) is 4. The Morgan fingerprint density at radius 2 is 2.03 bits per heavy atom. The first kappa shape index (κ1) is 22.5. The number of benzene rings is 1. The number of ether oxygens (including phenoxy) is 1. The van der Waals surface area contributed by atoms with Crippen molar-refractivity contribution < 1.29 is 4.74 Å². The Balaban J connectivity index is 0.00000245. The number of para-hydroxylation sites is 1. The molecule has 1 aromatic carbocycles. The average Bonchev–Trinajstić information content (AvgIpc) is 3.21. The lowest BCUT2D eigenvalue weighted by Gasteiger charge is -2.18. The first-order valence-electron chi connectivity index (χ1n) is 9.88. The zero-order valence-electron chi connectivity index (χ0n) is 17.2. The molecule has 3 aromatic heterocycles. The SMILES string of the molecule is Cc1csc(Nc2ncc(Sc3ncnc4c3CNCC4)cc2Oc2ccccc2)n1.Cl. The van der Waals surface area contributed by atoms with Gasteiger partial charge in [0.2, 0.25) is 0 Å². The third-order valence-corrected chi connectivity index (χ3v) is 6.57. The van der Waals surface area contributed by atoms with Crippen molar-refractivity contribution in [3.8, 4) is 11.5 Å². The van der Waals surface area contributed by atoms with Crippen LogP contribution >= 0.6 is 35.5 Å². The van der Waals surface area contributed by atoms with E-state index in [2.05, 4.69) is 30.6 Å². The van der Waals surface area contributed by atoms with Gasteiger partial charge in [-0.2, -0.15) is 0 Å². The smallest absolute Gasteiger partial charge is 0.188 e. The number of halogens is 1. The highest BCUT2D eigenvalue weighted by atomic mass is 35.5. The molecular formula is C22H21ClN6OS2. The summed E-state index contributed by atoms with van der Waals surface area (Å²) in [7, 11) is 0. The summed E-state index contributed by atoms with van der Waals surface area (Å²) in [5, 5.41) is 10.4. The third kappa shape index (κ3) is 5.18. The summed E-state index contributed by atoms with van der Waals surface area (Å²) < 4.78 is 6.17. The molecule has 0 amide bonds. The molecule has 4 heterocycles. The molecule has 5 rings (SSSR count). The van der Waals surface area contributed by atoms with E-state index in [1.165, 1.54) is 11.3 Å². The highest BCUT2D eigenvalue weighted by Gasteiger charge is 2.17. The molecule has 4 aromatic rings. The number of thiazole rings is 1. The van der Waals surface area contributed by atoms with E-state index in [0.29, 0.717) is 11.6 Å². The van der Waals surface area contributed by atoms with Crippen molar-refractivity contribution in [1.29, 1.82) is 0 Å². The number of aromatic nitrogens is 4. The van der Waals surface area contributed by atoms with E-state index in [4.69, 9.17) is 4.74 Å². The van der Waals surface area contributed by atoms with E-state index in [1.54, 1.807) is 18.1 Å². The van der Waals surface area contributed by atoms with E-state index in [-0.39, 0.29) is 12.4 Å². The van der Waals surface area contributed by atoms with Gasteiger partial charge in [0.25, 0.3) is 0 Å². The summed E-state index contributed by atoms with van der Waals surface area (Å²) in [5.41, 5.74) is 3.24. The monoisotopic (exact) mass is 484 g/mol. The van der Waals surface area contributed by atoms with Crippen LogP contribution in [-0.4, -0.2) is 26.5 Å². The van der Waals surface area contributed by atoms with Gasteiger partial charge in [0.15, 0.2) is 16.7 Å². The first-order valence-corrected chi connectivity index (χ1v) is 11.6. The summed E-state index contributed by atoms with van der Waals surface area (Å²) in [6.07, 6.45) is 4.39. The molecule has 0 fully saturated rings. The molecule has 0 atom stereocenters. The summed E-state index contributed by atoms with van der Waals surface area (Å²) in [6.45, 7) is 3.69. The number of aryl methyl sites for hydroxylation is 1. The maximum atomic E-state index is 6.17. The van der Waals surface area contributed by atoms with Crippen molar-refractivity contribution in [2.75, 3.05) is 11.9 Å². The molecule has 0 spiro atoms. The fraction of sp³-hybridized carbons (Fsp3) is 0.182. The predicted octanol–water partition coefficient (Wildman–Crippen LogP) is 5.39. The number of rotatable bonds is 6. The lowest BCUT2D eigenvalue weighted by Crippen LogP contribution is -2.25. The van der Waals surface area contributed by atoms with E-state index in [0.717, 1.165) is 57.3 Å². The quantitative estimate of drug-likeness (QED) is 0.352. The van der Waals surface area contributed by atoms with Crippen LogP contribution in [0.15, 0.2) is 64.2 Å². The normalized spacial score (nSPS) is 12.5. The zero-order chi connectivity index (χ0) is 21.0. The molecule has 0 aliphatic carbocycles. The fourth-order valence-corrected chi connectivity index (χ4v) is 4.82. The van der Waals surface area contributed by atoms with E-state index >= 15 is 0 Å². The van der Waals surface area contributed by atoms with E-state index < -0.39 is 0 Å². The Morgan fingerprint density at radius 1 is 1.16 bits per heavy atom. The van der Waals surface area contributed by atoms with Crippen molar-refractivity contribution in [1.82, 2.24) is 25.3 Å². The van der Waals surface area contributed by atoms with Crippen molar-refractivity contribution in [2.24, 2.45) is 0 Å². The minimum atomic E-state index is 0. The molecular weight excluding hydrogens is 464 g/mol. The van der Waals surface area contributed by atoms with Gasteiger partial charge in [0.1, 0.15) is 17.1 Å². The zero-order valence-corrected chi connectivity index (χ0v) is 19.7. The maximum Gasteiger partial charge on any atom is 0.188 e. The number of anilines is 2. The molecule has 1 aliphatic heterocycles. The van der Waals surface area contributed by atoms with Crippen LogP contribution in [0.2, 0.25) is 0 Å². The van der Waals surface area contributed by atoms with Crippen molar-refractivity contribution in [2.45, 2.75) is 29.8 Å². The van der Waals surface area contributed by atoms with Gasteiger partial charge in [0, 0.05) is 47.6 Å². The van der Waals surface area contributed by atoms with Crippen LogP contribution < -0.4 is 15.4 Å². The van der Waals surface area contributed by atoms with Gasteiger partial charge in [0.05, 0.1) is 11.4 Å². The summed E-state index contributed by atoms with van der Waals surface area (Å²) in [5.74, 6) is 1.99. The lowest BCUT2D eigenvalue weighted by atomic mass is 10.1. The number of hydrogen-bond donors (Lipinski definition) is 2. The van der Waals surface area contributed by atoms with Crippen LogP contribution in [-0.2, 0) is 13.0 Å². The molecule has 0 saturated carbocycles. The minimum absolute atomic E-state index is 0. The average molecular weight is 485 g/mol. The molecule has 7 nitrogen and oxygen atoms in total. The van der Waals surface area contributed by atoms with Gasteiger partial charge < -0.3 is 15.4 Å². The van der Waals surface area contributed by atoms with E-state index in [1.807, 2.05) is 54.9 Å². The second-order valence-electron chi connectivity index (χ2n) is 6.98. The molecule has 1 aliphatic rings. The predicted molar refractivity (Wildman–Crippen MR) is 130 cm³/mol. The van der Waals surface area contributed by atoms with Crippen LogP contribution in [0.5, 0.6) is 11.5 Å². The van der Waals surface area contributed by atoms with Crippen LogP contribution in [0.3, 0.4) is 0 Å². The number of fused-ring (bicyclic) bond motifs is 1. The highest BCUT2D eigenvalue weighted by molar-refractivity contribution is 7.99. The Hall–Kier alpha value is -2.72. The number of pyridine rings is 1. The highest BCUT2D eigenvalue weighted by Crippen LogP contribution is 2.37. The molecule has 32 heavy (non-hydrogen) atoms. The molecule has 10 heteroatoms. The van der Waals surface area contributed by atoms with Gasteiger partial charge >= 0.3 is 0 Å². The van der Waals surface area contributed by atoms with Gasteiger partial charge in [-0.05, 0) is 19.1 Å². The molecule has 0 unspecified atom stereocenters. The Kier molecular flexibility index (Phi) is 7.21. The fourth-order valence-electron chi connectivity index (χ4n) is 3.23. The first-order chi connectivity index (χ1) is 15.2. The summed E-state index contributed by atoms with van der Waals surface area (Å²) >= 11 is 3.11. The topological polar surface area (TPSA) is 84.9 Å². The van der Waals surface area contributed by atoms with Crippen molar-refractivity contribution in [3.05, 3.63) is 71.3 Å². The summed E-state index contributed by atoms with van der Waals surface area (Å²) in [6, 6.07) is 11.7. The lowest BCUT2D eigenvalue weighted by molar-refractivity contribution is 0.481. The molecule has 164 valence electrons. The van der Waals surface area contributed by atoms with Gasteiger partial charge in [-0.15, -0.1) is 23.7 Å². The van der Waals surface area contributed by atoms with Crippen molar-refractivity contribution in [3.63, 3.8) is 0 Å². The van der Waals surface area contributed by atoms with Crippen LogP contribution in [0.1, 0.15) is 17.0 Å². The molecule has 0 saturated heterocycles. The summed E-state index contributed by atoms with van der Waals surface area (Å²) in [4.78, 5) is 19.0. The third-order valence-electron chi connectivity index (χ3n) is 4.69. The maximum absolute atomic E-state index is 6.17. The second-order valence-corrected chi connectivity index (χ2v) is 8.91. The largest absolute Gasteiger partial charge is 0.453 e. The molecule has 0 bridgehead atoms. The number of hydrogen-bond acceptors (Lipinski definition) is 9. The number of nitrogens with one attached hydrogen (secondary N) is 2. The molecule has 0 radical (unpaired) electrons. The van der Waals surface area contributed by atoms with Gasteiger partial charge in [-0.25, -0.2) is 19.9 Å². The van der Waals surface area contributed by atoms with Gasteiger partial charge in [-0.3, -0.25) is 0 Å². The van der Waals surface area contributed by atoms with Crippen LogP contribution in [0.25, 0.3) is 0 Å². The van der Waals surface area contributed by atoms with Crippen molar-refractivity contribution >= 4 is 46.5 Å². The Labute approximate surface area is 200 Å². The Bertz CT molecular complexity index is 1200. The Morgan fingerprint density at radius 3 is 2.84 bits per heavy atom. The minimum Gasteiger partial charge on any atom is -0.453 e. The molecule has 2 N–H and O–H groups in total. The van der Waals surface area contributed by atoms with Crippen LogP contribution in [0, 0.1) is 6.92 Å². The standard InChI is InChI=1S/C22H20N6OS2.ClH/c1-14-12-30-22(27-14)28-20-19(29-15-5-3-2-4-6-15)9-16(10-24-20)31-21-17-11-23-8-7-18(17)25-13-26-21;/h2-6,9-10,12-13,23H,7-8,11H2,1H3,(H,24,27,28);1H.